The fraction of sp³-hybridized carbons (Fsp3) is 0.567. The van der Waals surface area contributed by atoms with Gasteiger partial charge in [0.2, 0.25) is 5.91 Å². The Bertz CT molecular complexity index is 1120. The number of benzene rings is 1. The van der Waals surface area contributed by atoms with Gasteiger partial charge >= 0.3 is 5.97 Å². The van der Waals surface area contributed by atoms with Crippen LogP contribution in [0.4, 0.5) is 5.69 Å². The third kappa shape index (κ3) is 4.70. The van der Waals surface area contributed by atoms with Gasteiger partial charge in [-0.2, -0.15) is 0 Å². The molecule has 9 heteroatoms. The molecule has 0 aliphatic carbocycles. The normalized spacial score (nSPS) is 29.7. The molecule has 0 saturated carbocycles. The largest absolute Gasteiger partial charge is 0.465 e. The van der Waals surface area contributed by atoms with Crippen molar-refractivity contribution in [1.29, 1.82) is 0 Å². The van der Waals surface area contributed by atoms with Gasteiger partial charge < -0.3 is 24.4 Å². The molecule has 0 radical (unpaired) electrons. The minimum Gasteiger partial charge on any atom is -0.465 e. The standard InChI is InChI=1S/C30H39ClN2O6/c1-5-9-12-18-38-28(37)24-23-26(35)33(20(7-3)19-34)25(30(23)16-15-29(24,8-4)39-30)27(36)32(17-6-2)22-14-11-10-13-21(22)31/h5-6,10-11,13-14,20,23-25,34H,1-2,7-9,12,15-19H2,3-4H3/t20-,23-,24-,25?,29+,30?/m0/s1. The molecule has 6 atom stereocenters. The van der Waals surface area contributed by atoms with Gasteiger partial charge in [0.05, 0.1) is 41.5 Å². The second kappa shape index (κ2) is 11.8. The van der Waals surface area contributed by atoms with Crippen molar-refractivity contribution in [1.82, 2.24) is 4.90 Å². The third-order valence-corrected chi connectivity index (χ3v) is 9.02. The van der Waals surface area contributed by atoms with Crippen molar-refractivity contribution in [2.24, 2.45) is 11.8 Å². The first-order chi connectivity index (χ1) is 18.8. The van der Waals surface area contributed by atoms with Crippen molar-refractivity contribution < 1.29 is 29.0 Å². The van der Waals surface area contributed by atoms with E-state index in [9.17, 15) is 19.5 Å². The zero-order valence-corrected chi connectivity index (χ0v) is 23.6. The van der Waals surface area contributed by atoms with E-state index in [1.165, 1.54) is 9.80 Å². The highest BCUT2D eigenvalue weighted by atomic mass is 35.5. The number of fused-ring (bicyclic) bond motifs is 1. The number of anilines is 1. The Morgan fingerprint density at radius 2 is 2.03 bits per heavy atom. The fourth-order valence-corrected chi connectivity index (χ4v) is 7.08. The molecule has 2 bridgehead atoms. The molecule has 1 aromatic rings. The van der Waals surface area contributed by atoms with Crippen LogP contribution in [0.1, 0.15) is 52.4 Å². The van der Waals surface area contributed by atoms with E-state index in [-0.39, 0.29) is 31.6 Å². The number of esters is 1. The predicted molar refractivity (Wildman–Crippen MR) is 149 cm³/mol. The molecule has 8 nitrogen and oxygen atoms in total. The smallest absolute Gasteiger partial charge is 0.312 e. The van der Waals surface area contributed by atoms with Crippen LogP contribution in [-0.4, -0.2) is 70.8 Å². The molecule has 1 N–H and O–H groups in total. The van der Waals surface area contributed by atoms with Crippen LogP contribution in [0.3, 0.4) is 0 Å². The lowest BCUT2D eigenvalue weighted by molar-refractivity contribution is -0.162. The first-order valence-corrected chi connectivity index (χ1v) is 14.2. The molecule has 39 heavy (non-hydrogen) atoms. The summed E-state index contributed by atoms with van der Waals surface area (Å²) in [5, 5.41) is 10.7. The van der Waals surface area contributed by atoms with E-state index in [1.807, 2.05) is 13.8 Å². The van der Waals surface area contributed by atoms with Crippen LogP contribution in [0.25, 0.3) is 0 Å². The van der Waals surface area contributed by atoms with E-state index >= 15 is 0 Å². The molecule has 4 rings (SSSR count). The summed E-state index contributed by atoms with van der Waals surface area (Å²) in [5.41, 5.74) is -1.63. The number of carbonyl (C=O) groups excluding carboxylic acids is 3. The van der Waals surface area contributed by atoms with Gasteiger partial charge in [0.15, 0.2) is 0 Å². The van der Waals surface area contributed by atoms with Gasteiger partial charge in [-0.25, -0.2) is 0 Å². The highest BCUT2D eigenvalue weighted by Gasteiger charge is 2.79. The third-order valence-electron chi connectivity index (χ3n) is 8.70. The second-order valence-corrected chi connectivity index (χ2v) is 11.0. The number of halogens is 1. The Morgan fingerprint density at radius 1 is 1.28 bits per heavy atom. The lowest BCUT2D eigenvalue weighted by atomic mass is 9.65. The van der Waals surface area contributed by atoms with Crippen molar-refractivity contribution >= 4 is 35.1 Å². The Morgan fingerprint density at radius 3 is 2.64 bits per heavy atom. The van der Waals surface area contributed by atoms with Crippen molar-refractivity contribution in [2.45, 2.75) is 75.7 Å². The molecular formula is C30H39ClN2O6. The number of para-hydroxylation sites is 1. The number of rotatable bonds is 13. The summed E-state index contributed by atoms with van der Waals surface area (Å²) in [4.78, 5) is 45.4. The number of hydrogen-bond acceptors (Lipinski definition) is 6. The minimum absolute atomic E-state index is 0.158. The number of aliphatic hydroxyl groups is 1. The quantitative estimate of drug-likeness (QED) is 0.220. The van der Waals surface area contributed by atoms with Gasteiger partial charge in [-0.15, -0.1) is 13.2 Å². The summed E-state index contributed by atoms with van der Waals surface area (Å²) in [6, 6.07) is 5.34. The van der Waals surface area contributed by atoms with Crippen molar-refractivity contribution in [3.05, 3.63) is 54.6 Å². The maximum Gasteiger partial charge on any atom is 0.312 e. The highest BCUT2D eigenvalue weighted by molar-refractivity contribution is 6.34. The molecule has 3 aliphatic heterocycles. The number of likely N-dealkylation sites (tertiary alicyclic amines) is 1. The van der Waals surface area contributed by atoms with Gasteiger partial charge in [-0.3, -0.25) is 14.4 Å². The molecule has 212 valence electrons. The van der Waals surface area contributed by atoms with Crippen LogP contribution in [0, 0.1) is 11.8 Å². The Kier molecular flexibility index (Phi) is 8.88. The molecule has 2 unspecified atom stereocenters. The van der Waals surface area contributed by atoms with E-state index in [2.05, 4.69) is 13.2 Å². The monoisotopic (exact) mass is 558 g/mol. The van der Waals surface area contributed by atoms with Gasteiger partial charge in [0.25, 0.3) is 5.91 Å². The van der Waals surface area contributed by atoms with Gasteiger partial charge in [0.1, 0.15) is 17.6 Å². The number of unbranched alkanes of at least 4 members (excludes halogenated alkanes) is 1. The molecule has 3 saturated heterocycles. The van der Waals surface area contributed by atoms with Crippen molar-refractivity contribution in [3.8, 4) is 0 Å². The SMILES string of the molecule is C=CCCCOC(=O)[C@@H]1[C@H]2C(=O)N([C@@H](CC)CO)C(C(=O)N(CC=C)c3ccccc3Cl)C23CC[C@@]1(CC)O3. The van der Waals surface area contributed by atoms with Gasteiger partial charge in [0, 0.05) is 6.54 Å². The number of nitrogens with zero attached hydrogens (tertiary/aromatic N) is 2. The Hall–Kier alpha value is -2.68. The number of amides is 2. The number of aliphatic hydroxyl groups excluding tert-OH is 1. The van der Waals surface area contributed by atoms with Crippen LogP contribution < -0.4 is 4.90 Å². The molecule has 3 fully saturated rings. The zero-order chi connectivity index (χ0) is 28.4. The number of allylic oxidation sites excluding steroid dienone is 1. The topological polar surface area (TPSA) is 96.4 Å². The van der Waals surface area contributed by atoms with Crippen LogP contribution >= 0.6 is 11.6 Å². The summed E-state index contributed by atoms with van der Waals surface area (Å²) in [6.07, 6.45) is 6.61. The van der Waals surface area contributed by atoms with Crippen LogP contribution in [0.15, 0.2) is 49.6 Å². The summed E-state index contributed by atoms with van der Waals surface area (Å²) in [6.45, 7) is 11.4. The van der Waals surface area contributed by atoms with E-state index < -0.39 is 41.1 Å². The Balaban J connectivity index is 1.80. The molecule has 1 spiro atoms. The first kappa shape index (κ1) is 29.3. The van der Waals surface area contributed by atoms with E-state index in [0.717, 1.165) is 0 Å². The van der Waals surface area contributed by atoms with E-state index in [1.54, 1.807) is 36.4 Å². The van der Waals surface area contributed by atoms with Crippen molar-refractivity contribution in [3.63, 3.8) is 0 Å². The minimum atomic E-state index is -1.22. The summed E-state index contributed by atoms with van der Waals surface area (Å²) < 4.78 is 12.4. The van der Waals surface area contributed by atoms with Crippen molar-refractivity contribution in [2.75, 3.05) is 24.7 Å². The summed E-state index contributed by atoms with van der Waals surface area (Å²) in [7, 11) is 0. The molecule has 1 aromatic carbocycles. The molecule has 0 aromatic heterocycles. The predicted octanol–water partition coefficient (Wildman–Crippen LogP) is 4.29. The number of ether oxygens (including phenoxy) is 2. The number of hydrogen-bond donors (Lipinski definition) is 1. The molecule has 3 aliphatic rings. The second-order valence-electron chi connectivity index (χ2n) is 10.6. The summed E-state index contributed by atoms with van der Waals surface area (Å²) in [5.74, 6) is -2.92. The molecule has 3 heterocycles. The lowest BCUT2D eigenvalue weighted by Gasteiger charge is -2.39. The highest BCUT2D eigenvalue weighted by Crippen LogP contribution is 2.65. The van der Waals surface area contributed by atoms with Gasteiger partial charge in [-0.1, -0.05) is 49.7 Å². The van der Waals surface area contributed by atoms with E-state index in [4.69, 9.17) is 21.1 Å². The van der Waals surface area contributed by atoms with Gasteiger partial charge in [-0.05, 0) is 50.7 Å². The average Bonchev–Trinajstić information content (AvgIpc) is 3.54. The van der Waals surface area contributed by atoms with Crippen LogP contribution in [0.2, 0.25) is 5.02 Å². The summed E-state index contributed by atoms with van der Waals surface area (Å²) >= 11 is 6.51. The zero-order valence-electron chi connectivity index (χ0n) is 22.8. The fourth-order valence-electron chi connectivity index (χ4n) is 6.85. The molecular weight excluding hydrogens is 520 g/mol. The maximum absolute atomic E-state index is 14.6. The van der Waals surface area contributed by atoms with Crippen LogP contribution in [0.5, 0.6) is 0 Å². The first-order valence-electron chi connectivity index (χ1n) is 13.8. The van der Waals surface area contributed by atoms with E-state index in [0.29, 0.717) is 49.2 Å². The van der Waals surface area contributed by atoms with Crippen LogP contribution in [-0.2, 0) is 23.9 Å². The number of carbonyl (C=O) groups is 3. The lowest BCUT2D eigenvalue weighted by Crippen LogP contribution is -2.59. The average molecular weight is 559 g/mol. The maximum atomic E-state index is 14.6. The molecule has 2 amide bonds. The Labute approximate surface area is 235 Å².